The standard InChI is InChI=1S/C16H20N4O5/c17-15-13(16(18)21)19-10-20(15)11-2-1-3-12-14(11)25-9-7-23-5-4-22-6-8-24-12/h1-3,10H,4-9,17H2,(H2,18,21). The third-order valence-corrected chi connectivity index (χ3v) is 3.59. The first-order chi connectivity index (χ1) is 12.2. The highest BCUT2D eigenvalue weighted by molar-refractivity contribution is 5.95. The molecule has 0 atom stereocenters. The van der Waals surface area contributed by atoms with Gasteiger partial charge in [-0.1, -0.05) is 6.07 Å². The number of ether oxygens (including phenoxy) is 4. The van der Waals surface area contributed by atoms with E-state index in [2.05, 4.69) is 4.98 Å². The molecule has 1 aliphatic heterocycles. The van der Waals surface area contributed by atoms with Crippen LogP contribution in [0.3, 0.4) is 0 Å². The molecule has 1 aromatic carbocycles. The third-order valence-electron chi connectivity index (χ3n) is 3.59. The van der Waals surface area contributed by atoms with E-state index < -0.39 is 5.91 Å². The van der Waals surface area contributed by atoms with Crippen LogP contribution in [0.5, 0.6) is 11.5 Å². The molecule has 0 unspecified atom stereocenters. The molecule has 4 N–H and O–H groups in total. The van der Waals surface area contributed by atoms with Crippen LogP contribution in [0.4, 0.5) is 5.82 Å². The van der Waals surface area contributed by atoms with Crippen LogP contribution in [0.2, 0.25) is 0 Å². The van der Waals surface area contributed by atoms with Gasteiger partial charge in [0.25, 0.3) is 5.91 Å². The topological polar surface area (TPSA) is 124 Å². The van der Waals surface area contributed by atoms with Crippen LogP contribution in [0.15, 0.2) is 24.5 Å². The van der Waals surface area contributed by atoms with Crippen LogP contribution in [0.25, 0.3) is 5.69 Å². The molecule has 134 valence electrons. The lowest BCUT2D eigenvalue weighted by Gasteiger charge is -2.18. The number of hydrogen-bond donors (Lipinski definition) is 2. The van der Waals surface area contributed by atoms with Crippen molar-refractivity contribution in [3.63, 3.8) is 0 Å². The van der Waals surface area contributed by atoms with Crippen LogP contribution in [-0.4, -0.2) is 55.1 Å². The normalized spacial score (nSPS) is 15.8. The molecular formula is C16H20N4O5. The van der Waals surface area contributed by atoms with E-state index in [1.165, 1.54) is 10.9 Å². The highest BCUT2D eigenvalue weighted by Crippen LogP contribution is 2.35. The minimum Gasteiger partial charge on any atom is -0.487 e. The molecule has 3 rings (SSSR count). The Balaban J connectivity index is 1.97. The Morgan fingerprint density at radius 1 is 1.04 bits per heavy atom. The fourth-order valence-electron chi connectivity index (χ4n) is 2.43. The lowest BCUT2D eigenvalue weighted by Crippen LogP contribution is -2.17. The van der Waals surface area contributed by atoms with Crippen molar-refractivity contribution in [1.82, 2.24) is 9.55 Å². The van der Waals surface area contributed by atoms with E-state index in [0.717, 1.165) is 0 Å². The summed E-state index contributed by atoms with van der Waals surface area (Å²) >= 11 is 0. The summed E-state index contributed by atoms with van der Waals surface area (Å²) in [6, 6.07) is 5.37. The van der Waals surface area contributed by atoms with Crippen LogP contribution in [0.1, 0.15) is 10.5 Å². The summed E-state index contributed by atoms with van der Waals surface area (Å²) in [6.07, 6.45) is 1.42. The van der Waals surface area contributed by atoms with Crippen molar-refractivity contribution < 1.29 is 23.7 Å². The number of rotatable bonds is 2. The number of anilines is 1. The molecule has 0 bridgehead atoms. The SMILES string of the molecule is NC(=O)c1ncn(-c2cccc3c2OCCOCCOCCO3)c1N. The maximum Gasteiger partial charge on any atom is 0.271 e. The summed E-state index contributed by atoms with van der Waals surface area (Å²) in [6.45, 7) is 2.54. The smallest absolute Gasteiger partial charge is 0.271 e. The van der Waals surface area contributed by atoms with E-state index >= 15 is 0 Å². The third kappa shape index (κ3) is 3.83. The van der Waals surface area contributed by atoms with Crippen LogP contribution < -0.4 is 20.9 Å². The molecule has 2 aromatic rings. The predicted octanol–water partition coefficient (Wildman–Crippen LogP) is 0.358. The summed E-state index contributed by atoms with van der Waals surface area (Å²) in [4.78, 5) is 15.4. The predicted molar refractivity (Wildman–Crippen MR) is 89.1 cm³/mol. The highest BCUT2D eigenvalue weighted by atomic mass is 16.6. The van der Waals surface area contributed by atoms with Crippen molar-refractivity contribution in [2.75, 3.05) is 45.4 Å². The summed E-state index contributed by atoms with van der Waals surface area (Å²) in [7, 11) is 0. The Morgan fingerprint density at radius 3 is 2.40 bits per heavy atom. The minimum absolute atomic E-state index is 0.00316. The fraction of sp³-hybridized carbons (Fsp3) is 0.375. The summed E-state index contributed by atoms with van der Waals surface area (Å²) in [5.74, 6) is 0.455. The molecule has 1 aromatic heterocycles. The zero-order chi connectivity index (χ0) is 17.6. The van der Waals surface area contributed by atoms with Gasteiger partial charge in [-0.3, -0.25) is 9.36 Å². The molecule has 2 heterocycles. The number of nitrogens with two attached hydrogens (primary N) is 2. The van der Waals surface area contributed by atoms with Gasteiger partial charge in [0.1, 0.15) is 25.4 Å². The molecule has 0 aliphatic carbocycles. The molecule has 0 saturated heterocycles. The van der Waals surface area contributed by atoms with Crippen molar-refractivity contribution in [1.29, 1.82) is 0 Å². The molecule has 0 radical (unpaired) electrons. The van der Waals surface area contributed by atoms with E-state index in [-0.39, 0.29) is 11.5 Å². The first kappa shape index (κ1) is 17.1. The Kier molecular flexibility index (Phi) is 5.36. The van der Waals surface area contributed by atoms with Crippen molar-refractivity contribution >= 4 is 11.7 Å². The van der Waals surface area contributed by atoms with Gasteiger partial charge in [-0.15, -0.1) is 0 Å². The van der Waals surface area contributed by atoms with Gasteiger partial charge >= 0.3 is 0 Å². The summed E-state index contributed by atoms with van der Waals surface area (Å²) in [5.41, 5.74) is 11.9. The number of hydrogen-bond acceptors (Lipinski definition) is 7. The lowest BCUT2D eigenvalue weighted by atomic mass is 10.2. The van der Waals surface area contributed by atoms with Gasteiger partial charge in [0.05, 0.1) is 32.1 Å². The van der Waals surface area contributed by atoms with Gasteiger partial charge < -0.3 is 30.4 Å². The maximum atomic E-state index is 11.4. The van der Waals surface area contributed by atoms with Gasteiger partial charge in [0.2, 0.25) is 0 Å². The lowest BCUT2D eigenvalue weighted by molar-refractivity contribution is 0.0223. The fourth-order valence-corrected chi connectivity index (χ4v) is 2.43. The Bertz CT molecular complexity index is 746. The molecule has 0 fully saturated rings. The number of benzene rings is 1. The van der Waals surface area contributed by atoms with Crippen molar-refractivity contribution in [3.05, 3.63) is 30.2 Å². The summed E-state index contributed by atoms with van der Waals surface area (Å²) in [5, 5.41) is 0. The highest BCUT2D eigenvalue weighted by Gasteiger charge is 2.19. The quantitative estimate of drug-likeness (QED) is 0.803. The zero-order valence-corrected chi connectivity index (χ0v) is 13.6. The van der Waals surface area contributed by atoms with E-state index in [9.17, 15) is 4.79 Å². The summed E-state index contributed by atoms with van der Waals surface area (Å²) < 4.78 is 24.0. The van der Waals surface area contributed by atoms with E-state index in [1.807, 2.05) is 0 Å². The molecule has 1 aliphatic rings. The van der Waals surface area contributed by atoms with Gasteiger partial charge in [-0.25, -0.2) is 4.98 Å². The van der Waals surface area contributed by atoms with E-state index in [1.54, 1.807) is 18.2 Å². The molecule has 1 amide bonds. The number of carbonyl (C=O) groups excluding carboxylic acids is 1. The van der Waals surface area contributed by atoms with E-state index in [4.69, 9.17) is 30.4 Å². The zero-order valence-electron chi connectivity index (χ0n) is 13.6. The second kappa shape index (κ2) is 7.86. The number of nitrogen functional groups attached to an aromatic ring is 1. The van der Waals surface area contributed by atoms with Crippen LogP contribution in [0, 0.1) is 0 Å². The molecule has 0 saturated carbocycles. The van der Waals surface area contributed by atoms with Crippen molar-refractivity contribution in [3.8, 4) is 17.2 Å². The molecule has 0 spiro atoms. The monoisotopic (exact) mass is 348 g/mol. The number of aromatic nitrogens is 2. The molecular weight excluding hydrogens is 328 g/mol. The molecule has 9 nitrogen and oxygen atoms in total. The molecule has 25 heavy (non-hydrogen) atoms. The van der Waals surface area contributed by atoms with E-state index in [0.29, 0.717) is 56.8 Å². The van der Waals surface area contributed by atoms with Gasteiger partial charge in [-0.05, 0) is 12.1 Å². The number of amides is 1. The minimum atomic E-state index is -0.696. The van der Waals surface area contributed by atoms with Crippen molar-refractivity contribution in [2.45, 2.75) is 0 Å². The number of primary amides is 1. The maximum absolute atomic E-state index is 11.4. The van der Waals surface area contributed by atoms with Gasteiger partial charge in [0, 0.05) is 0 Å². The van der Waals surface area contributed by atoms with Crippen LogP contribution >= 0.6 is 0 Å². The first-order valence-electron chi connectivity index (χ1n) is 7.85. The number of para-hydroxylation sites is 1. The number of nitrogens with zero attached hydrogens (tertiary/aromatic N) is 2. The second-order valence-corrected chi connectivity index (χ2v) is 5.24. The van der Waals surface area contributed by atoms with Gasteiger partial charge in [0.15, 0.2) is 17.2 Å². The molecule has 9 heteroatoms. The Labute approximate surface area is 144 Å². The Morgan fingerprint density at radius 2 is 1.72 bits per heavy atom. The first-order valence-corrected chi connectivity index (χ1v) is 7.85. The Hall–Kier alpha value is -2.78. The van der Waals surface area contributed by atoms with Gasteiger partial charge in [-0.2, -0.15) is 0 Å². The largest absolute Gasteiger partial charge is 0.487 e. The average molecular weight is 348 g/mol. The van der Waals surface area contributed by atoms with Crippen LogP contribution in [-0.2, 0) is 9.47 Å². The number of fused-ring (bicyclic) bond motifs is 1. The number of imidazole rings is 1. The average Bonchev–Trinajstić information content (AvgIpc) is 2.97. The second-order valence-electron chi connectivity index (χ2n) is 5.24. The van der Waals surface area contributed by atoms with Crippen molar-refractivity contribution in [2.24, 2.45) is 5.73 Å². The number of carbonyl (C=O) groups is 1.